The summed E-state index contributed by atoms with van der Waals surface area (Å²) in [6, 6.07) is 0. The molecule has 1 aliphatic rings. The van der Waals surface area contributed by atoms with Gasteiger partial charge in [0.2, 0.25) is 0 Å². The molecule has 0 spiro atoms. The molecule has 1 fully saturated rings. The van der Waals surface area contributed by atoms with Crippen LogP contribution in [0.5, 0.6) is 0 Å². The largest absolute Gasteiger partial charge is 0.392 e. The van der Waals surface area contributed by atoms with Crippen molar-refractivity contribution in [1.82, 2.24) is 0 Å². The van der Waals surface area contributed by atoms with Gasteiger partial charge in [-0.3, -0.25) is 0 Å². The highest BCUT2D eigenvalue weighted by atomic mass is 16.3. The maximum Gasteiger partial charge on any atom is 0.0781 e. The summed E-state index contributed by atoms with van der Waals surface area (Å²) in [5.41, 5.74) is -0.861. The van der Waals surface area contributed by atoms with Crippen molar-refractivity contribution < 1.29 is 10.2 Å². The third-order valence-electron chi connectivity index (χ3n) is 5.38. The highest BCUT2D eigenvalue weighted by molar-refractivity contribution is 5.17. The number of aliphatic hydroxyl groups is 2. The van der Waals surface area contributed by atoms with Crippen molar-refractivity contribution in [3.8, 4) is 0 Å². The Kier molecular flexibility index (Phi) is 5.67. The molecule has 2 nitrogen and oxygen atoms in total. The van der Waals surface area contributed by atoms with Gasteiger partial charge in [-0.15, -0.1) is 0 Å². The lowest BCUT2D eigenvalue weighted by atomic mass is 9.44. The van der Waals surface area contributed by atoms with Crippen LogP contribution in [0.3, 0.4) is 0 Å². The third kappa shape index (κ3) is 2.22. The smallest absolute Gasteiger partial charge is 0.0781 e. The van der Waals surface area contributed by atoms with Gasteiger partial charge >= 0.3 is 0 Å². The molecule has 0 aromatic heterocycles. The first-order valence-corrected chi connectivity index (χ1v) is 7.94. The fraction of sp³-hybridized carbons (Fsp3) is 1.00. The Morgan fingerprint density at radius 3 is 1.94 bits per heavy atom. The number of hydrogen-bond donors (Lipinski definition) is 2. The van der Waals surface area contributed by atoms with Crippen molar-refractivity contribution in [2.75, 3.05) is 0 Å². The molecule has 1 rings (SSSR count). The van der Waals surface area contributed by atoms with Crippen molar-refractivity contribution in [1.29, 1.82) is 0 Å². The van der Waals surface area contributed by atoms with Crippen molar-refractivity contribution in [3.05, 3.63) is 0 Å². The average Bonchev–Trinajstić information content (AvgIpc) is 2.38. The number of unbranched alkanes of at least 4 members (excludes halogenated alkanes) is 2. The van der Waals surface area contributed by atoms with Crippen LogP contribution in [0, 0.1) is 11.3 Å². The van der Waals surface area contributed by atoms with Crippen LogP contribution in [0.15, 0.2) is 0 Å². The summed E-state index contributed by atoms with van der Waals surface area (Å²) in [4.78, 5) is 0. The summed E-state index contributed by atoms with van der Waals surface area (Å²) >= 11 is 0. The van der Waals surface area contributed by atoms with E-state index in [1.807, 2.05) is 0 Å². The Labute approximate surface area is 113 Å². The van der Waals surface area contributed by atoms with Crippen molar-refractivity contribution >= 4 is 0 Å². The van der Waals surface area contributed by atoms with Crippen molar-refractivity contribution in [3.63, 3.8) is 0 Å². The second-order valence-corrected chi connectivity index (χ2v) is 6.10. The van der Waals surface area contributed by atoms with Gasteiger partial charge in [0.25, 0.3) is 0 Å². The minimum atomic E-state index is -0.624. The van der Waals surface area contributed by atoms with Crippen LogP contribution in [0.4, 0.5) is 0 Å². The maximum atomic E-state index is 11.1. The normalized spacial score (nSPS) is 39.7. The van der Waals surface area contributed by atoms with Crippen LogP contribution in [0.1, 0.15) is 79.1 Å². The number of hydrogen-bond acceptors (Lipinski definition) is 2. The van der Waals surface area contributed by atoms with E-state index >= 15 is 0 Å². The summed E-state index contributed by atoms with van der Waals surface area (Å²) in [7, 11) is 0. The lowest BCUT2D eigenvalue weighted by Gasteiger charge is -2.65. The molecule has 1 saturated carbocycles. The highest BCUT2D eigenvalue weighted by Crippen LogP contribution is 2.62. The van der Waals surface area contributed by atoms with Gasteiger partial charge in [-0.2, -0.15) is 0 Å². The van der Waals surface area contributed by atoms with E-state index in [1.165, 1.54) is 0 Å². The Morgan fingerprint density at radius 2 is 1.50 bits per heavy atom. The molecule has 2 N–H and O–H groups in total. The monoisotopic (exact) mass is 256 g/mol. The van der Waals surface area contributed by atoms with E-state index < -0.39 is 5.60 Å². The molecule has 0 saturated heterocycles. The number of aliphatic hydroxyl groups excluding tert-OH is 1. The molecule has 0 bridgehead atoms. The zero-order chi connectivity index (χ0) is 13.8. The summed E-state index contributed by atoms with van der Waals surface area (Å²) in [5, 5.41) is 21.7. The fourth-order valence-electron chi connectivity index (χ4n) is 4.17. The standard InChI is InChI=1S/C16H32O2/c1-5-9-11-15(8-4)14(17)13(7-3)16(15,18)12-10-6-2/h13-14,17-18H,5-12H2,1-4H3. The van der Waals surface area contributed by atoms with Crippen molar-refractivity contribution in [2.24, 2.45) is 11.3 Å². The van der Waals surface area contributed by atoms with Gasteiger partial charge in [-0.1, -0.05) is 53.4 Å². The average molecular weight is 256 g/mol. The molecule has 0 amide bonds. The van der Waals surface area contributed by atoms with Crippen LogP contribution in [-0.4, -0.2) is 21.9 Å². The van der Waals surface area contributed by atoms with E-state index in [-0.39, 0.29) is 17.4 Å². The molecule has 0 radical (unpaired) electrons. The first-order chi connectivity index (χ1) is 8.54. The SMILES string of the molecule is CCCCC1(O)C(CC)C(O)C1(CC)CCCC. The molecular weight excluding hydrogens is 224 g/mol. The predicted molar refractivity (Wildman–Crippen MR) is 76.5 cm³/mol. The van der Waals surface area contributed by atoms with Crippen LogP contribution < -0.4 is 0 Å². The Bertz CT molecular complexity index is 253. The van der Waals surface area contributed by atoms with E-state index in [0.29, 0.717) is 0 Å². The van der Waals surface area contributed by atoms with Crippen LogP contribution in [0.2, 0.25) is 0 Å². The lowest BCUT2D eigenvalue weighted by molar-refractivity contribution is -0.299. The maximum absolute atomic E-state index is 11.1. The molecular formula is C16H32O2. The van der Waals surface area contributed by atoms with E-state index in [0.717, 1.165) is 51.4 Å². The van der Waals surface area contributed by atoms with Crippen LogP contribution in [0.25, 0.3) is 0 Å². The first kappa shape index (κ1) is 16.0. The van der Waals surface area contributed by atoms with Crippen molar-refractivity contribution in [2.45, 2.75) is 90.8 Å². The van der Waals surface area contributed by atoms with Gasteiger partial charge < -0.3 is 10.2 Å². The summed E-state index contributed by atoms with van der Waals surface area (Å²) in [6.07, 6.45) is 7.72. The molecule has 4 atom stereocenters. The van der Waals surface area contributed by atoms with Gasteiger partial charge in [0.15, 0.2) is 0 Å². The van der Waals surface area contributed by atoms with E-state index in [2.05, 4.69) is 27.7 Å². The molecule has 2 heteroatoms. The van der Waals surface area contributed by atoms with Gasteiger partial charge in [-0.05, 0) is 25.7 Å². The van der Waals surface area contributed by atoms with Crippen LogP contribution >= 0.6 is 0 Å². The van der Waals surface area contributed by atoms with Gasteiger partial charge in [0.1, 0.15) is 0 Å². The van der Waals surface area contributed by atoms with E-state index in [1.54, 1.807) is 0 Å². The molecule has 0 aromatic rings. The topological polar surface area (TPSA) is 40.5 Å². The molecule has 4 unspecified atom stereocenters. The zero-order valence-corrected chi connectivity index (χ0v) is 12.7. The number of rotatable bonds is 8. The molecule has 0 aromatic carbocycles. The van der Waals surface area contributed by atoms with Gasteiger partial charge in [0.05, 0.1) is 11.7 Å². The van der Waals surface area contributed by atoms with E-state index in [4.69, 9.17) is 0 Å². The van der Waals surface area contributed by atoms with Crippen LogP contribution in [-0.2, 0) is 0 Å². The summed E-state index contributed by atoms with van der Waals surface area (Å²) in [5.74, 6) is 0.0841. The first-order valence-electron chi connectivity index (χ1n) is 7.94. The molecule has 18 heavy (non-hydrogen) atoms. The molecule has 108 valence electrons. The molecule has 0 heterocycles. The third-order valence-corrected chi connectivity index (χ3v) is 5.38. The van der Waals surface area contributed by atoms with E-state index in [9.17, 15) is 10.2 Å². The quantitative estimate of drug-likeness (QED) is 0.691. The van der Waals surface area contributed by atoms with Gasteiger partial charge in [0, 0.05) is 11.3 Å². The second kappa shape index (κ2) is 6.38. The Hall–Kier alpha value is -0.0800. The predicted octanol–water partition coefficient (Wildman–Crippen LogP) is 3.90. The minimum Gasteiger partial charge on any atom is -0.392 e. The lowest BCUT2D eigenvalue weighted by Crippen LogP contribution is -2.73. The summed E-state index contributed by atoms with van der Waals surface area (Å²) in [6.45, 7) is 8.56. The fourth-order valence-corrected chi connectivity index (χ4v) is 4.17. The summed E-state index contributed by atoms with van der Waals surface area (Å²) < 4.78 is 0. The van der Waals surface area contributed by atoms with Gasteiger partial charge in [-0.25, -0.2) is 0 Å². The minimum absolute atomic E-state index is 0.0841. The zero-order valence-electron chi connectivity index (χ0n) is 12.7. The molecule has 0 aliphatic heterocycles. The Morgan fingerprint density at radius 1 is 0.944 bits per heavy atom. The Balaban J connectivity index is 2.90. The second-order valence-electron chi connectivity index (χ2n) is 6.10. The molecule has 1 aliphatic carbocycles. The highest BCUT2D eigenvalue weighted by Gasteiger charge is 2.68.